The van der Waals surface area contributed by atoms with Crippen molar-refractivity contribution in [3.05, 3.63) is 119 Å². The molecule has 2 aliphatic rings. The smallest absolute Gasteiger partial charge is 0.239 e. The molecule has 7 rings (SSSR count). The molecule has 5 aromatic rings. The summed E-state index contributed by atoms with van der Waals surface area (Å²) in [7, 11) is 2.28. The van der Waals surface area contributed by atoms with E-state index in [-0.39, 0.29) is 5.41 Å². The molecule has 0 N–H and O–H groups in total. The Morgan fingerprint density at radius 2 is 1.54 bits per heavy atom. The van der Waals surface area contributed by atoms with E-state index in [4.69, 9.17) is 18.9 Å². The molecule has 1 aliphatic heterocycles. The van der Waals surface area contributed by atoms with Crippen LogP contribution in [-0.4, -0.2) is 63.8 Å². The maximum Gasteiger partial charge on any atom is 0.239 e. The number of aryl methyl sites for hydroxylation is 1. The lowest BCUT2D eigenvalue weighted by Gasteiger charge is -2.49. The lowest BCUT2D eigenvalue weighted by atomic mass is 9.64. The summed E-state index contributed by atoms with van der Waals surface area (Å²) in [6.45, 7) is 11.6. The van der Waals surface area contributed by atoms with Gasteiger partial charge in [-0.1, -0.05) is 112 Å². The van der Waals surface area contributed by atoms with Crippen molar-refractivity contribution in [2.24, 2.45) is 23.2 Å². The second kappa shape index (κ2) is 19.0. The summed E-state index contributed by atoms with van der Waals surface area (Å²) in [4.78, 5) is 4.98. The van der Waals surface area contributed by atoms with Crippen molar-refractivity contribution in [1.29, 1.82) is 5.26 Å². The zero-order valence-electron chi connectivity index (χ0n) is 34.8. The van der Waals surface area contributed by atoms with Crippen LogP contribution in [0.1, 0.15) is 88.1 Å². The number of hydrogen-bond donors (Lipinski definition) is 0. The lowest BCUT2D eigenvalue weighted by molar-refractivity contribution is -0.00680. The van der Waals surface area contributed by atoms with E-state index >= 15 is 0 Å². The summed E-state index contributed by atoms with van der Waals surface area (Å²) >= 11 is 0. The molecule has 1 aliphatic carbocycles. The number of aromatic nitrogens is 1. The zero-order chi connectivity index (χ0) is 39.8. The van der Waals surface area contributed by atoms with Crippen molar-refractivity contribution in [2.75, 3.05) is 33.8 Å². The van der Waals surface area contributed by atoms with E-state index in [0.717, 1.165) is 66.1 Å². The van der Waals surface area contributed by atoms with Crippen molar-refractivity contribution >= 4 is 30.4 Å². The third-order valence-electron chi connectivity index (χ3n) is 12.7. The van der Waals surface area contributed by atoms with Crippen molar-refractivity contribution < 1.29 is 13.7 Å². The minimum atomic E-state index is -1.85. The van der Waals surface area contributed by atoms with Gasteiger partial charge in [0.25, 0.3) is 0 Å². The maximum atomic E-state index is 9.16. The van der Waals surface area contributed by atoms with Crippen LogP contribution in [0.4, 0.5) is 0 Å². The minimum Gasteiger partial charge on any atom is -0.488 e. The van der Waals surface area contributed by atoms with Crippen molar-refractivity contribution in [3.63, 3.8) is 0 Å². The molecule has 8 heteroatoms. The zero-order valence-corrected chi connectivity index (χ0v) is 36.0. The van der Waals surface area contributed by atoms with Gasteiger partial charge in [0.15, 0.2) is 5.58 Å². The Labute approximate surface area is 342 Å². The number of fused-ring (bicyclic) bond motifs is 1. The third kappa shape index (κ3) is 10.3. The Balaban J connectivity index is 1.03. The fourth-order valence-corrected chi connectivity index (χ4v) is 12.0. The second-order valence-corrected chi connectivity index (χ2v) is 20.4. The van der Waals surface area contributed by atoms with Gasteiger partial charge in [-0.15, -0.1) is 0 Å². The Kier molecular flexibility index (Phi) is 13.6. The van der Waals surface area contributed by atoms with Crippen LogP contribution in [0.25, 0.3) is 11.0 Å². The standard InChI is InChI=1S/C49H62N4O3Si/c1-49(2,3)44-19-13-12-18-41(44)46(35-55-57(39-14-8-6-9-15-39)40-16-10-7-11-17-40)53-30-28-36(29-31-53)24-26-45-42-25-27-47(43(33-52(4)5)48(42)56-51-45)54-34-38-22-20-37(32-50)21-23-38/h6-11,14-17,20-23,25,27,36,41,44,46,57H,12-13,18-19,24,26,28-31,33-35H2,1-5H3/t41-,44+,46?/m1/s1. The number of piperidine rings is 1. The molecule has 4 aromatic carbocycles. The molecule has 2 fully saturated rings. The first kappa shape index (κ1) is 40.9. The fourth-order valence-electron chi connectivity index (χ4n) is 9.65. The van der Waals surface area contributed by atoms with Crippen molar-refractivity contribution in [2.45, 2.75) is 91.3 Å². The first-order valence-corrected chi connectivity index (χ1v) is 22.9. The van der Waals surface area contributed by atoms with Gasteiger partial charge < -0.3 is 18.6 Å². The molecule has 1 unspecified atom stereocenters. The van der Waals surface area contributed by atoms with Gasteiger partial charge >= 0.3 is 0 Å². The van der Waals surface area contributed by atoms with Crippen molar-refractivity contribution in [3.8, 4) is 11.8 Å². The summed E-state index contributed by atoms with van der Waals surface area (Å²) in [5.41, 5.74) is 4.84. The lowest BCUT2D eigenvalue weighted by Crippen LogP contribution is -2.54. The molecule has 2 heterocycles. The predicted octanol–water partition coefficient (Wildman–Crippen LogP) is 8.76. The van der Waals surface area contributed by atoms with E-state index < -0.39 is 9.04 Å². The van der Waals surface area contributed by atoms with E-state index in [1.807, 2.05) is 24.3 Å². The molecule has 0 bridgehead atoms. The summed E-state index contributed by atoms with van der Waals surface area (Å²) < 4.78 is 19.7. The molecule has 7 nitrogen and oxygen atoms in total. The Hall–Kier alpha value is -4.26. The minimum absolute atomic E-state index is 0.280. The molecular formula is C49H62N4O3Si. The van der Waals surface area contributed by atoms with E-state index in [9.17, 15) is 0 Å². The number of nitrogens with zero attached hydrogens (tertiary/aromatic N) is 4. The highest BCUT2D eigenvalue weighted by Gasteiger charge is 2.41. The molecule has 3 atom stereocenters. The Bertz CT molecular complexity index is 2010. The normalized spacial score (nSPS) is 18.9. The number of ether oxygens (including phenoxy) is 1. The van der Waals surface area contributed by atoms with E-state index in [2.05, 4.69) is 129 Å². The fraction of sp³-hybridized carbons (Fsp3) is 0.469. The number of rotatable bonds is 15. The summed E-state index contributed by atoms with van der Waals surface area (Å²) in [5.74, 6) is 2.81. The molecule has 57 heavy (non-hydrogen) atoms. The van der Waals surface area contributed by atoms with Crippen LogP contribution in [0.2, 0.25) is 0 Å². The van der Waals surface area contributed by atoms with Gasteiger partial charge in [0.05, 0.1) is 29.5 Å². The Morgan fingerprint density at radius 1 is 0.877 bits per heavy atom. The van der Waals surface area contributed by atoms with E-state index in [1.165, 1.54) is 48.9 Å². The Morgan fingerprint density at radius 3 is 2.18 bits per heavy atom. The molecule has 0 spiro atoms. The number of likely N-dealkylation sites (tertiary alicyclic amines) is 1. The molecule has 300 valence electrons. The van der Waals surface area contributed by atoms with E-state index in [1.54, 1.807) is 0 Å². The van der Waals surface area contributed by atoms with Crippen molar-refractivity contribution in [1.82, 2.24) is 15.0 Å². The van der Waals surface area contributed by atoms with Crippen LogP contribution in [0.5, 0.6) is 5.75 Å². The highest BCUT2D eigenvalue weighted by atomic mass is 28.3. The number of hydrogen-bond acceptors (Lipinski definition) is 7. The van der Waals surface area contributed by atoms with Crippen LogP contribution in [0.3, 0.4) is 0 Å². The first-order chi connectivity index (χ1) is 27.7. The predicted molar refractivity (Wildman–Crippen MR) is 233 cm³/mol. The molecule has 1 saturated carbocycles. The molecule has 1 aromatic heterocycles. The summed E-state index contributed by atoms with van der Waals surface area (Å²) in [5, 5.41) is 17.6. The molecule has 0 amide bonds. The van der Waals surface area contributed by atoms with Crippen LogP contribution in [-0.2, 0) is 24.0 Å². The quantitative estimate of drug-likeness (QED) is 0.0984. The number of benzene rings is 4. The van der Waals surface area contributed by atoms with Gasteiger partial charge in [-0.05, 0) is 129 Å². The van der Waals surface area contributed by atoms with Gasteiger partial charge in [0.1, 0.15) is 12.4 Å². The molecule has 0 radical (unpaired) electrons. The van der Waals surface area contributed by atoms with Gasteiger partial charge in [0, 0.05) is 18.0 Å². The van der Waals surface area contributed by atoms with Gasteiger partial charge in [0.2, 0.25) is 9.04 Å². The third-order valence-corrected chi connectivity index (χ3v) is 15.2. The molecule has 1 saturated heterocycles. The van der Waals surface area contributed by atoms with Crippen LogP contribution < -0.4 is 15.1 Å². The average Bonchev–Trinajstić information content (AvgIpc) is 3.65. The van der Waals surface area contributed by atoms with Crippen LogP contribution in [0, 0.1) is 34.5 Å². The highest BCUT2D eigenvalue weighted by Crippen LogP contribution is 2.45. The monoisotopic (exact) mass is 782 g/mol. The summed E-state index contributed by atoms with van der Waals surface area (Å²) in [6.07, 6.45) is 9.74. The highest BCUT2D eigenvalue weighted by molar-refractivity contribution is 6.80. The molecular weight excluding hydrogens is 721 g/mol. The topological polar surface area (TPSA) is 74.8 Å². The van der Waals surface area contributed by atoms with Gasteiger partial charge in [-0.3, -0.25) is 4.90 Å². The first-order valence-electron chi connectivity index (χ1n) is 21.3. The largest absolute Gasteiger partial charge is 0.488 e. The van der Waals surface area contributed by atoms with Gasteiger partial charge in [-0.2, -0.15) is 5.26 Å². The van der Waals surface area contributed by atoms with Crippen LogP contribution >= 0.6 is 0 Å². The van der Waals surface area contributed by atoms with Gasteiger partial charge in [-0.25, -0.2) is 0 Å². The summed E-state index contributed by atoms with van der Waals surface area (Å²) in [6, 6.07) is 36.3. The van der Waals surface area contributed by atoms with Crippen LogP contribution in [0.15, 0.2) is 102 Å². The second-order valence-electron chi connectivity index (χ2n) is 17.9. The van der Waals surface area contributed by atoms with E-state index in [0.29, 0.717) is 42.5 Å². The average molecular weight is 783 g/mol. The SMILES string of the molecule is CN(C)Cc1c(OCc2ccc(C#N)cc2)ccc2c(CCC3CCN(C(CO[SiH](c4ccccc4)c4ccccc4)[C@@H]4CCCC[C@@H]4C(C)(C)C)CC3)noc12. The maximum absolute atomic E-state index is 9.16. The number of nitriles is 1.